The van der Waals surface area contributed by atoms with Crippen molar-refractivity contribution < 1.29 is 4.39 Å². The predicted molar refractivity (Wildman–Crippen MR) is 171 cm³/mol. The Morgan fingerprint density at radius 2 is 1.84 bits per heavy atom. The average molecular weight is 551 g/mol. The van der Waals surface area contributed by atoms with Crippen molar-refractivity contribution in [3.63, 3.8) is 0 Å². The first kappa shape index (κ1) is 30.6. The van der Waals surface area contributed by atoms with Crippen molar-refractivity contribution >= 4 is 44.0 Å². The number of hydrogen-bond acceptors (Lipinski definition) is 0. The second kappa shape index (κ2) is 15.0. The van der Waals surface area contributed by atoms with E-state index in [1.165, 1.54) is 42.9 Å². The topological polar surface area (TPSA) is 0 Å². The average Bonchev–Trinajstić information content (AvgIpc) is 2.91. The van der Waals surface area contributed by atoms with Crippen molar-refractivity contribution in [1.29, 1.82) is 0 Å². The minimum atomic E-state index is -0.229. The van der Waals surface area contributed by atoms with E-state index in [1.54, 1.807) is 12.1 Å². The van der Waals surface area contributed by atoms with E-state index in [9.17, 15) is 4.39 Å². The Morgan fingerprint density at radius 3 is 2.58 bits per heavy atom. The summed E-state index contributed by atoms with van der Waals surface area (Å²) in [6, 6.07) is 11.3. The fraction of sp³-hybridized carbons (Fsp3) is 0.429. The summed E-state index contributed by atoms with van der Waals surface area (Å²) in [5, 5.41) is 2.73. The minimum Gasteiger partial charge on any atom is -0.206 e. The van der Waals surface area contributed by atoms with Crippen LogP contribution < -0.4 is 10.4 Å². The van der Waals surface area contributed by atoms with Crippen molar-refractivity contribution in [3.05, 3.63) is 91.8 Å². The predicted octanol–water partition coefficient (Wildman–Crippen LogP) is 10.1. The molecule has 0 bridgehead atoms. The molecule has 0 spiro atoms. The Morgan fingerprint density at radius 1 is 1.08 bits per heavy atom. The van der Waals surface area contributed by atoms with Gasteiger partial charge in [-0.2, -0.15) is 0 Å². The maximum Gasteiger partial charge on any atom is 0.131 e. The van der Waals surface area contributed by atoms with Gasteiger partial charge in [0.25, 0.3) is 0 Å². The van der Waals surface area contributed by atoms with Gasteiger partial charge in [-0.15, -0.1) is 0 Å². The molecule has 0 fully saturated rings. The summed E-state index contributed by atoms with van der Waals surface area (Å²) >= 11 is 6.29. The van der Waals surface area contributed by atoms with E-state index in [0.29, 0.717) is 19.2 Å². The molecule has 2 aromatic rings. The van der Waals surface area contributed by atoms with Crippen LogP contribution in [0.1, 0.15) is 90.7 Å². The largest absolute Gasteiger partial charge is 0.206 e. The Hall–Kier alpha value is -1.95. The Labute approximate surface area is 237 Å². The molecule has 1 heterocycles. The Bertz CT molecular complexity index is 1300. The van der Waals surface area contributed by atoms with Gasteiger partial charge >= 0.3 is 0 Å². The maximum atomic E-state index is 15.0. The van der Waals surface area contributed by atoms with Crippen LogP contribution in [0.4, 0.5) is 4.39 Å². The summed E-state index contributed by atoms with van der Waals surface area (Å²) in [5.41, 5.74) is 6.38. The number of halogens is 2. The summed E-state index contributed by atoms with van der Waals surface area (Å²) < 4.78 is 15.0. The Balaban J connectivity index is 1.94. The number of allylic oxidation sites excluding steroid dienone is 5. The van der Waals surface area contributed by atoms with E-state index in [2.05, 4.69) is 77.4 Å². The minimum absolute atomic E-state index is 0.229. The van der Waals surface area contributed by atoms with Crippen molar-refractivity contribution in [2.75, 3.05) is 6.16 Å². The normalized spacial score (nSPS) is 17.2. The second-order valence-electron chi connectivity index (χ2n) is 11.1. The molecular weight excluding hydrogens is 506 g/mol. The fourth-order valence-electron chi connectivity index (χ4n) is 4.98. The van der Waals surface area contributed by atoms with Gasteiger partial charge in [-0.1, -0.05) is 121 Å². The lowest BCUT2D eigenvalue weighted by molar-refractivity contribution is 0.407. The van der Waals surface area contributed by atoms with Crippen LogP contribution in [0.5, 0.6) is 0 Å². The molecule has 3 unspecified atom stereocenters. The number of benzene rings is 2. The van der Waals surface area contributed by atoms with E-state index in [1.807, 2.05) is 0 Å². The lowest BCUT2D eigenvalue weighted by Gasteiger charge is -2.22. The lowest BCUT2D eigenvalue weighted by Crippen LogP contribution is -2.23. The van der Waals surface area contributed by atoms with Gasteiger partial charge in [0.05, 0.1) is 0 Å². The van der Waals surface area contributed by atoms with E-state index in [-0.39, 0.29) is 5.82 Å². The van der Waals surface area contributed by atoms with Crippen LogP contribution in [0.15, 0.2) is 59.4 Å². The van der Waals surface area contributed by atoms with Gasteiger partial charge in [0, 0.05) is 10.6 Å². The van der Waals surface area contributed by atoms with E-state index in [4.69, 9.17) is 11.6 Å². The molecule has 38 heavy (non-hydrogen) atoms. The monoisotopic (exact) mass is 550 g/mol. The van der Waals surface area contributed by atoms with Crippen molar-refractivity contribution in [2.24, 2.45) is 11.8 Å². The second-order valence-corrected chi connectivity index (χ2v) is 12.6. The molecule has 0 nitrogen and oxygen atoms in total. The molecule has 3 rings (SSSR count). The number of hydrogen-bond donors (Lipinski definition) is 0. The summed E-state index contributed by atoms with van der Waals surface area (Å²) in [6.45, 7) is 15.7. The van der Waals surface area contributed by atoms with Crippen molar-refractivity contribution in [2.45, 2.75) is 79.6 Å². The SMILES string of the molecule is C=c1ccc(C2=CPCC(C)=C2c2cc(Cl)ccc2F)c/c1=C/C(=C\CCC)CCC(C)CCC(C)CC. The van der Waals surface area contributed by atoms with Crippen LogP contribution in [0.2, 0.25) is 5.02 Å². The van der Waals surface area contributed by atoms with Gasteiger partial charge in [-0.3, -0.25) is 0 Å². The van der Waals surface area contributed by atoms with Gasteiger partial charge in [0.2, 0.25) is 0 Å². The van der Waals surface area contributed by atoms with Gasteiger partial charge < -0.3 is 0 Å². The third-order valence-electron chi connectivity index (χ3n) is 7.78. The first-order chi connectivity index (χ1) is 18.2. The van der Waals surface area contributed by atoms with Crippen LogP contribution >= 0.6 is 20.2 Å². The number of unbranched alkanes of at least 4 members (excludes halogenated alkanes) is 1. The zero-order valence-electron chi connectivity index (χ0n) is 24.0. The third-order valence-corrected chi connectivity index (χ3v) is 9.24. The fourth-order valence-corrected chi connectivity index (χ4v) is 6.25. The molecule has 204 valence electrons. The molecule has 1 aliphatic heterocycles. The van der Waals surface area contributed by atoms with Crippen LogP contribution in [0.25, 0.3) is 23.8 Å². The van der Waals surface area contributed by atoms with Crippen molar-refractivity contribution in [1.82, 2.24) is 0 Å². The van der Waals surface area contributed by atoms with Gasteiger partial charge in [0.1, 0.15) is 5.82 Å². The molecular formula is C35H45ClFP. The smallest absolute Gasteiger partial charge is 0.131 e. The van der Waals surface area contributed by atoms with Gasteiger partial charge in [0.15, 0.2) is 0 Å². The standard InChI is InChI=1S/C35H45ClFP/c1-7-9-10-28(15-13-25(4)12-11-24(3)8-2)19-30-20-29(16-14-26(30)5)33-23-38-22-27(6)35(33)32-21-31(36)17-18-34(32)37/h10,14,16-21,23-25,38H,5,7-9,11-13,15,22H2,1-4,6H3/b28-10-,30-19-. The molecule has 0 amide bonds. The molecule has 0 saturated carbocycles. The molecule has 1 aliphatic rings. The quantitative estimate of drug-likeness (QED) is 0.231. The highest BCUT2D eigenvalue weighted by Crippen LogP contribution is 2.43. The molecule has 0 saturated heterocycles. The summed E-state index contributed by atoms with van der Waals surface area (Å²) in [6.07, 6.45) is 14.1. The first-order valence-electron chi connectivity index (χ1n) is 14.3. The van der Waals surface area contributed by atoms with Crippen LogP contribution in [-0.2, 0) is 0 Å². The number of rotatable bonds is 12. The molecule has 0 aromatic heterocycles. The Kier molecular flexibility index (Phi) is 12.1. The van der Waals surface area contributed by atoms with Crippen molar-refractivity contribution in [3.8, 4) is 0 Å². The zero-order valence-corrected chi connectivity index (χ0v) is 25.7. The highest BCUT2D eigenvalue weighted by atomic mass is 35.5. The molecule has 0 radical (unpaired) electrons. The van der Waals surface area contributed by atoms with Gasteiger partial charge in [-0.25, -0.2) is 4.39 Å². The summed E-state index contributed by atoms with van der Waals surface area (Å²) in [4.78, 5) is 0. The van der Waals surface area contributed by atoms with E-state index in [0.717, 1.165) is 64.4 Å². The van der Waals surface area contributed by atoms with Crippen LogP contribution in [-0.4, -0.2) is 6.16 Å². The highest BCUT2D eigenvalue weighted by molar-refractivity contribution is 7.42. The highest BCUT2D eigenvalue weighted by Gasteiger charge is 2.20. The van der Waals surface area contributed by atoms with Crippen LogP contribution in [0.3, 0.4) is 0 Å². The molecule has 3 heteroatoms. The van der Waals surface area contributed by atoms with E-state index < -0.39 is 0 Å². The third kappa shape index (κ3) is 8.53. The summed E-state index contributed by atoms with van der Waals surface area (Å²) in [5.74, 6) is 3.59. The zero-order chi connectivity index (χ0) is 27.7. The first-order valence-corrected chi connectivity index (χ1v) is 16.0. The maximum absolute atomic E-state index is 15.0. The lowest BCUT2D eigenvalue weighted by atomic mass is 9.89. The molecule has 0 N–H and O–H groups in total. The molecule has 2 aromatic carbocycles. The summed E-state index contributed by atoms with van der Waals surface area (Å²) in [7, 11) is 0.685. The van der Waals surface area contributed by atoms with E-state index >= 15 is 0 Å². The van der Waals surface area contributed by atoms with Gasteiger partial charge in [-0.05, 0) is 95.6 Å². The molecule has 0 aliphatic carbocycles. The molecule has 3 atom stereocenters. The van der Waals surface area contributed by atoms with Crippen LogP contribution in [0, 0.1) is 17.7 Å².